The van der Waals surface area contributed by atoms with Gasteiger partial charge in [-0.05, 0) is 61.8 Å². The fraction of sp³-hybridized carbons (Fsp3) is 0.556. The molecule has 0 unspecified atom stereocenters. The monoisotopic (exact) mass is 378 g/mol. The van der Waals surface area contributed by atoms with E-state index in [-0.39, 0.29) is 4.90 Å². The third-order valence-corrected chi connectivity index (χ3v) is 7.26. The van der Waals surface area contributed by atoms with Gasteiger partial charge in [0.1, 0.15) is 18.0 Å². The number of sulfonamides is 1. The van der Waals surface area contributed by atoms with Crippen LogP contribution in [-0.4, -0.2) is 40.6 Å². The second-order valence-corrected chi connectivity index (χ2v) is 9.29. The highest BCUT2D eigenvalue weighted by Crippen LogP contribution is 2.31. The summed E-state index contributed by atoms with van der Waals surface area (Å²) in [6, 6.07) is 5.03. The maximum Gasteiger partial charge on any atom is 0.243 e. The molecule has 2 aromatic rings. The molecule has 2 aliphatic rings. The number of hydrogen-bond donors (Lipinski definition) is 0. The minimum absolute atomic E-state index is 0.154. The van der Waals surface area contributed by atoms with Crippen LogP contribution in [0, 0.1) is 17.7 Å². The molecule has 1 saturated carbocycles. The van der Waals surface area contributed by atoms with Gasteiger partial charge in [0.25, 0.3) is 0 Å². The van der Waals surface area contributed by atoms with Gasteiger partial charge in [0.2, 0.25) is 10.0 Å². The number of aromatic nitrogens is 3. The van der Waals surface area contributed by atoms with E-state index in [0.717, 1.165) is 37.5 Å². The summed E-state index contributed by atoms with van der Waals surface area (Å²) < 4.78 is 42.1. The zero-order valence-corrected chi connectivity index (χ0v) is 15.4. The number of nitrogens with zero attached hydrogens (tertiary/aromatic N) is 4. The molecule has 2 heterocycles. The van der Waals surface area contributed by atoms with Crippen molar-refractivity contribution in [3.8, 4) is 0 Å². The number of benzene rings is 1. The highest BCUT2D eigenvalue weighted by atomic mass is 32.2. The molecular formula is C18H23FN4O2S. The third-order valence-electron chi connectivity index (χ3n) is 5.34. The Bertz CT molecular complexity index is 854. The van der Waals surface area contributed by atoms with E-state index in [1.807, 2.05) is 6.33 Å². The maximum absolute atomic E-state index is 13.0. The number of rotatable bonds is 6. The van der Waals surface area contributed by atoms with E-state index in [1.54, 1.807) is 0 Å². The van der Waals surface area contributed by atoms with Gasteiger partial charge in [-0.1, -0.05) is 0 Å². The summed E-state index contributed by atoms with van der Waals surface area (Å²) in [7, 11) is -3.55. The summed E-state index contributed by atoms with van der Waals surface area (Å²) in [4.78, 5) is 0.154. The Morgan fingerprint density at radius 3 is 2.38 bits per heavy atom. The van der Waals surface area contributed by atoms with Crippen LogP contribution in [0.5, 0.6) is 0 Å². The summed E-state index contributed by atoms with van der Waals surface area (Å²) in [6.07, 6.45) is 6.83. The van der Waals surface area contributed by atoms with Crippen molar-refractivity contribution in [2.75, 3.05) is 13.1 Å². The van der Waals surface area contributed by atoms with Crippen LogP contribution in [0.15, 0.2) is 35.5 Å². The molecule has 0 spiro atoms. The van der Waals surface area contributed by atoms with Gasteiger partial charge in [0, 0.05) is 26.1 Å². The lowest BCUT2D eigenvalue weighted by Gasteiger charge is -2.31. The lowest BCUT2D eigenvalue weighted by Crippen LogP contribution is -2.39. The van der Waals surface area contributed by atoms with Crippen molar-refractivity contribution >= 4 is 10.0 Å². The smallest absolute Gasteiger partial charge is 0.243 e. The summed E-state index contributed by atoms with van der Waals surface area (Å²) >= 11 is 0. The van der Waals surface area contributed by atoms with Crippen LogP contribution in [0.1, 0.15) is 31.5 Å². The molecule has 1 aromatic carbocycles. The average Bonchev–Trinajstić information content (AvgIpc) is 3.35. The second-order valence-electron chi connectivity index (χ2n) is 7.35. The number of halogens is 1. The molecular weight excluding hydrogens is 355 g/mol. The van der Waals surface area contributed by atoms with E-state index in [1.165, 1.54) is 41.4 Å². The van der Waals surface area contributed by atoms with Crippen LogP contribution in [0.25, 0.3) is 0 Å². The molecule has 140 valence electrons. The van der Waals surface area contributed by atoms with E-state index in [4.69, 9.17) is 0 Å². The SMILES string of the molecule is O=S(=O)(c1ccc(F)cc1)N1CCC(Cc2nncn2CC2CC2)CC1. The Morgan fingerprint density at radius 1 is 1.04 bits per heavy atom. The van der Waals surface area contributed by atoms with Gasteiger partial charge in [-0.15, -0.1) is 10.2 Å². The lowest BCUT2D eigenvalue weighted by molar-refractivity contribution is 0.268. The van der Waals surface area contributed by atoms with Gasteiger partial charge in [-0.2, -0.15) is 4.31 Å². The van der Waals surface area contributed by atoms with Gasteiger partial charge < -0.3 is 4.57 Å². The predicted octanol–water partition coefficient (Wildman–Crippen LogP) is 2.47. The molecule has 0 bridgehead atoms. The molecule has 6 nitrogen and oxygen atoms in total. The minimum Gasteiger partial charge on any atom is -0.317 e. The predicted molar refractivity (Wildman–Crippen MR) is 94.3 cm³/mol. The van der Waals surface area contributed by atoms with Crippen molar-refractivity contribution in [2.45, 2.75) is 43.5 Å². The first-order valence-corrected chi connectivity index (χ1v) is 10.6. The third kappa shape index (κ3) is 3.81. The van der Waals surface area contributed by atoms with E-state index >= 15 is 0 Å². The minimum atomic E-state index is -3.55. The Kier molecular flexibility index (Phi) is 4.79. The zero-order valence-electron chi connectivity index (χ0n) is 14.6. The van der Waals surface area contributed by atoms with Gasteiger partial charge in [-0.3, -0.25) is 0 Å². The Labute approximate surface area is 153 Å². The fourth-order valence-corrected chi connectivity index (χ4v) is 5.01. The van der Waals surface area contributed by atoms with Gasteiger partial charge in [-0.25, -0.2) is 12.8 Å². The van der Waals surface area contributed by atoms with Gasteiger partial charge in [0.15, 0.2) is 0 Å². The Balaban J connectivity index is 1.36. The second kappa shape index (κ2) is 7.08. The summed E-state index contributed by atoms with van der Waals surface area (Å²) in [5.41, 5.74) is 0. The first-order valence-electron chi connectivity index (χ1n) is 9.15. The van der Waals surface area contributed by atoms with Crippen molar-refractivity contribution in [3.63, 3.8) is 0 Å². The highest BCUT2D eigenvalue weighted by Gasteiger charge is 2.30. The Morgan fingerprint density at radius 2 is 1.73 bits per heavy atom. The van der Waals surface area contributed by atoms with E-state index in [9.17, 15) is 12.8 Å². The molecule has 0 amide bonds. The van der Waals surface area contributed by atoms with Crippen molar-refractivity contribution in [1.82, 2.24) is 19.1 Å². The molecule has 1 aliphatic heterocycles. The molecule has 0 radical (unpaired) electrons. The molecule has 8 heteroatoms. The standard InChI is InChI=1S/C18H23FN4O2S/c19-16-3-5-17(6-4-16)26(24,25)23-9-7-14(8-10-23)11-18-21-20-13-22(18)12-15-1-2-15/h3-6,13-15H,1-2,7-12H2. The van der Waals surface area contributed by atoms with Gasteiger partial charge in [0.05, 0.1) is 4.90 Å². The lowest BCUT2D eigenvalue weighted by atomic mass is 9.94. The molecule has 4 rings (SSSR count). The summed E-state index contributed by atoms with van der Waals surface area (Å²) in [5.74, 6) is 1.76. The van der Waals surface area contributed by atoms with Crippen LogP contribution >= 0.6 is 0 Å². The average molecular weight is 378 g/mol. The number of hydrogen-bond acceptors (Lipinski definition) is 4. The van der Waals surface area contributed by atoms with Crippen molar-refractivity contribution in [1.29, 1.82) is 0 Å². The van der Waals surface area contributed by atoms with Crippen LogP contribution < -0.4 is 0 Å². The fourth-order valence-electron chi connectivity index (χ4n) is 3.54. The first kappa shape index (κ1) is 17.6. The maximum atomic E-state index is 13.0. The number of piperidine rings is 1. The molecule has 1 saturated heterocycles. The van der Waals surface area contributed by atoms with Crippen LogP contribution in [0.4, 0.5) is 4.39 Å². The Hall–Kier alpha value is -1.80. The van der Waals surface area contributed by atoms with E-state index < -0.39 is 15.8 Å². The topological polar surface area (TPSA) is 68.1 Å². The summed E-state index contributed by atoms with van der Waals surface area (Å²) in [5, 5.41) is 8.31. The van der Waals surface area contributed by atoms with Crippen molar-refractivity contribution in [2.24, 2.45) is 11.8 Å². The molecule has 0 N–H and O–H groups in total. The van der Waals surface area contributed by atoms with E-state index in [2.05, 4.69) is 14.8 Å². The van der Waals surface area contributed by atoms with Crippen LogP contribution in [-0.2, 0) is 23.0 Å². The largest absolute Gasteiger partial charge is 0.317 e. The summed E-state index contributed by atoms with van der Waals surface area (Å²) in [6.45, 7) is 1.97. The van der Waals surface area contributed by atoms with Crippen molar-refractivity contribution in [3.05, 3.63) is 42.2 Å². The van der Waals surface area contributed by atoms with Crippen LogP contribution in [0.3, 0.4) is 0 Å². The molecule has 1 aliphatic carbocycles. The van der Waals surface area contributed by atoms with Gasteiger partial charge >= 0.3 is 0 Å². The zero-order chi connectivity index (χ0) is 18.1. The van der Waals surface area contributed by atoms with Crippen molar-refractivity contribution < 1.29 is 12.8 Å². The molecule has 26 heavy (non-hydrogen) atoms. The van der Waals surface area contributed by atoms with E-state index in [0.29, 0.717) is 19.0 Å². The van der Waals surface area contributed by atoms with Crippen LogP contribution in [0.2, 0.25) is 0 Å². The highest BCUT2D eigenvalue weighted by molar-refractivity contribution is 7.89. The molecule has 2 fully saturated rings. The normalized spacial score (nSPS) is 19.7. The molecule has 1 aromatic heterocycles. The first-order chi connectivity index (χ1) is 12.5. The molecule has 0 atom stereocenters. The quantitative estimate of drug-likeness (QED) is 0.774.